The van der Waals surface area contributed by atoms with Crippen LogP contribution in [0.5, 0.6) is 17.2 Å². The average molecular weight is 557 g/mol. The first-order valence-corrected chi connectivity index (χ1v) is 13.2. The van der Waals surface area contributed by atoms with Crippen molar-refractivity contribution in [1.82, 2.24) is 0 Å². The van der Waals surface area contributed by atoms with Crippen LogP contribution in [-0.4, -0.2) is 35.5 Å². The van der Waals surface area contributed by atoms with Gasteiger partial charge in [-0.2, -0.15) is 13.2 Å². The normalized spacial score (nSPS) is 18.6. The van der Waals surface area contributed by atoms with Crippen LogP contribution < -0.4 is 14.2 Å². The molecule has 2 aliphatic rings. The standard InChI is InChI=1S/C31H31F3O6/c1-16-10-21(38-14-18(3)35)11-17(2)29(16)30-24-7-9-26(23(24)6-8-25(30)31(32,33)34)40-20-4-5-22-19(12-28(36)37)15-39-27(22)13-20/h4-6,8,10-11,13,18-19,26,35H,7,9,12,14-15H2,1-3H3,(H,36,37)/t18?,19-,26-/m1/s1. The van der Waals surface area contributed by atoms with Crippen molar-refractivity contribution >= 4 is 5.97 Å². The molecule has 0 spiro atoms. The highest BCUT2D eigenvalue weighted by Crippen LogP contribution is 2.48. The van der Waals surface area contributed by atoms with Crippen molar-refractivity contribution in [2.24, 2.45) is 0 Å². The van der Waals surface area contributed by atoms with E-state index in [4.69, 9.17) is 19.3 Å². The lowest BCUT2D eigenvalue weighted by Gasteiger charge is -2.22. The predicted octanol–water partition coefficient (Wildman–Crippen LogP) is 6.77. The van der Waals surface area contributed by atoms with Gasteiger partial charge in [0.05, 0.1) is 24.7 Å². The molecule has 3 aromatic carbocycles. The summed E-state index contributed by atoms with van der Waals surface area (Å²) in [4.78, 5) is 11.1. The minimum atomic E-state index is -4.55. The highest BCUT2D eigenvalue weighted by atomic mass is 19.4. The minimum Gasteiger partial charge on any atom is -0.492 e. The number of hydrogen-bond donors (Lipinski definition) is 2. The number of rotatable bonds is 8. The Bertz CT molecular complexity index is 1420. The number of aliphatic carboxylic acids is 1. The topological polar surface area (TPSA) is 85.2 Å². The van der Waals surface area contributed by atoms with Crippen molar-refractivity contribution in [2.75, 3.05) is 13.2 Å². The maximum absolute atomic E-state index is 14.3. The molecule has 1 heterocycles. The first-order chi connectivity index (χ1) is 18.9. The molecule has 2 N–H and O–H groups in total. The third kappa shape index (κ3) is 5.47. The largest absolute Gasteiger partial charge is 0.492 e. The van der Waals surface area contributed by atoms with E-state index in [0.29, 0.717) is 57.9 Å². The summed E-state index contributed by atoms with van der Waals surface area (Å²) in [6.07, 6.45) is -4.76. The zero-order valence-electron chi connectivity index (χ0n) is 22.5. The molecule has 0 radical (unpaired) electrons. The van der Waals surface area contributed by atoms with Crippen LogP contribution in [0.2, 0.25) is 0 Å². The van der Waals surface area contributed by atoms with E-state index in [1.54, 1.807) is 51.1 Å². The second-order valence-electron chi connectivity index (χ2n) is 10.6. The first-order valence-electron chi connectivity index (χ1n) is 13.2. The van der Waals surface area contributed by atoms with Crippen LogP contribution >= 0.6 is 0 Å². The van der Waals surface area contributed by atoms with Crippen LogP contribution in [0.25, 0.3) is 11.1 Å². The van der Waals surface area contributed by atoms with Gasteiger partial charge in [-0.25, -0.2) is 0 Å². The Morgan fingerprint density at radius 2 is 1.75 bits per heavy atom. The van der Waals surface area contributed by atoms with Crippen molar-refractivity contribution < 1.29 is 42.4 Å². The molecular weight excluding hydrogens is 525 g/mol. The summed E-state index contributed by atoms with van der Waals surface area (Å²) < 4.78 is 60.5. The maximum Gasteiger partial charge on any atom is 0.417 e. The molecule has 5 rings (SSSR count). The van der Waals surface area contributed by atoms with Gasteiger partial charge in [0.25, 0.3) is 0 Å². The molecule has 3 aromatic rings. The molecule has 9 heteroatoms. The van der Waals surface area contributed by atoms with Gasteiger partial charge in [0, 0.05) is 17.5 Å². The van der Waals surface area contributed by atoms with Crippen LogP contribution in [0.15, 0.2) is 42.5 Å². The number of hydrogen-bond acceptors (Lipinski definition) is 5. The molecule has 40 heavy (non-hydrogen) atoms. The zero-order valence-corrected chi connectivity index (χ0v) is 22.5. The van der Waals surface area contributed by atoms with E-state index in [2.05, 4.69) is 0 Å². The third-order valence-electron chi connectivity index (χ3n) is 7.47. The lowest BCUT2D eigenvalue weighted by atomic mass is 9.86. The highest BCUT2D eigenvalue weighted by molar-refractivity contribution is 5.80. The van der Waals surface area contributed by atoms with Gasteiger partial charge in [-0.1, -0.05) is 12.1 Å². The van der Waals surface area contributed by atoms with Gasteiger partial charge in [-0.05, 0) is 91.3 Å². The number of benzene rings is 3. The van der Waals surface area contributed by atoms with Gasteiger partial charge in [0.15, 0.2) is 0 Å². The van der Waals surface area contributed by atoms with Gasteiger partial charge in [-0.3, -0.25) is 4.79 Å². The summed E-state index contributed by atoms with van der Waals surface area (Å²) in [5.74, 6) is 0.449. The zero-order chi connectivity index (χ0) is 28.8. The molecule has 0 aromatic heterocycles. The highest BCUT2D eigenvalue weighted by Gasteiger charge is 2.39. The van der Waals surface area contributed by atoms with E-state index < -0.39 is 29.9 Å². The average Bonchev–Trinajstić information content (AvgIpc) is 3.45. The lowest BCUT2D eigenvalue weighted by molar-refractivity contribution is -0.138. The summed E-state index contributed by atoms with van der Waals surface area (Å²) in [6, 6.07) is 11.3. The molecule has 6 nitrogen and oxygen atoms in total. The van der Waals surface area contributed by atoms with Gasteiger partial charge in [0.1, 0.15) is 30.0 Å². The third-order valence-corrected chi connectivity index (χ3v) is 7.47. The molecule has 3 atom stereocenters. The van der Waals surface area contributed by atoms with Crippen molar-refractivity contribution in [3.63, 3.8) is 0 Å². The number of fused-ring (bicyclic) bond motifs is 2. The van der Waals surface area contributed by atoms with E-state index in [1.807, 2.05) is 0 Å². The van der Waals surface area contributed by atoms with E-state index in [1.165, 1.54) is 6.07 Å². The maximum atomic E-state index is 14.3. The Kier molecular flexibility index (Phi) is 7.44. The lowest BCUT2D eigenvalue weighted by Crippen LogP contribution is -2.13. The van der Waals surface area contributed by atoms with Crippen molar-refractivity contribution in [2.45, 2.75) is 64.3 Å². The Hall–Kier alpha value is -3.72. The fraction of sp³-hybridized carbons (Fsp3) is 0.387. The number of ether oxygens (including phenoxy) is 3. The Morgan fingerprint density at radius 3 is 2.40 bits per heavy atom. The van der Waals surface area contributed by atoms with Crippen LogP contribution in [0.3, 0.4) is 0 Å². The van der Waals surface area contributed by atoms with E-state index in [0.717, 1.165) is 11.6 Å². The fourth-order valence-electron chi connectivity index (χ4n) is 5.80. The van der Waals surface area contributed by atoms with Gasteiger partial charge in [0.2, 0.25) is 0 Å². The van der Waals surface area contributed by atoms with Crippen LogP contribution in [0.1, 0.15) is 65.2 Å². The molecule has 0 amide bonds. The molecule has 1 aliphatic heterocycles. The second kappa shape index (κ2) is 10.7. The number of carbonyl (C=O) groups is 1. The van der Waals surface area contributed by atoms with E-state index in [-0.39, 0.29) is 31.1 Å². The molecule has 1 aliphatic carbocycles. The number of carboxylic acid groups (broad SMARTS) is 1. The van der Waals surface area contributed by atoms with Gasteiger partial charge >= 0.3 is 12.1 Å². The summed E-state index contributed by atoms with van der Waals surface area (Å²) in [7, 11) is 0. The van der Waals surface area contributed by atoms with Crippen molar-refractivity contribution in [3.05, 3.63) is 75.8 Å². The monoisotopic (exact) mass is 556 g/mol. The number of alkyl halides is 3. The van der Waals surface area contributed by atoms with Crippen LogP contribution in [-0.2, 0) is 17.4 Å². The summed E-state index contributed by atoms with van der Waals surface area (Å²) >= 11 is 0. The van der Waals surface area contributed by atoms with E-state index in [9.17, 15) is 23.1 Å². The number of aliphatic hydroxyl groups excluding tert-OH is 1. The summed E-state index contributed by atoms with van der Waals surface area (Å²) in [5.41, 5.74) is 3.43. The summed E-state index contributed by atoms with van der Waals surface area (Å²) in [6.45, 7) is 5.49. The Balaban J connectivity index is 1.49. The molecule has 0 bridgehead atoms. The smallest absolute Gasteiger partial charge is 0.417 e. The molecule has 212 valence electrons. The van der Waals surface area contributed by atoms with Crippen molar-refractivity contribution in [1.29, 1.82) is 0 Å². The molecule has 0 fully saturated rings. The number of aryl methyl sites for hydroxylation is 2. The number of aliphatic hydroxyl groups is 1. The van der Waals surface area contributed by atoms with Gasteiger partial charge in [-0.15, -0.1) is 0 Å². The molecule has 1 unspecified atom stereocenters. The quantitative estimate of drug-likeness (QED) is 0.319. The van der Waals surface area contributed by atoms with Gasteiger partial charge < -0.3 is 24.4 Å². The second-order valence-corrected chi connectivity index (χ2v) is 10.6. The molecule has 0 saturated carbocycles. The predicted molar refractivity (Wildman–Crippen MR) is 142 cm³/mol. The molecular formula is C31H31F3O6. The Labute approximate surface area is 230 Å². The van der Waals surface area contributed by atoms with Crippen LogP contribution in [0.4, 0.5) is 13.2 Å². The van der Waals surface area contributed by atoms with Crippen molar-refractivity contribution in [3.8, 4) is 28.4 Å². The summed E-state index contributed by atoms with van der Waals surface area (Å²) in [5, 5.41) is 18.7. The SMILES string of the molecule is Cc1cc(OCC(C)O)cc(C)c1-c1c(C(F)(F)F)ccc2c1CC[C@H]2Oc1ccc2c(c1)OC[C@H]2CC(=O)O. The van der Waals surface area contributed by atoms with Crippen LogP contribution in [0, 0.1) is 13.8 Å². The first kappa shape index (κ1) is 27.8. The Morgan fingerprint density at radius 1 is 1.05 bits per heavy atom. The minimum absolute atomic E-state index is 0.0278. The number of carboxylic acids is 1. The number of halogens is 3. The van der Waals surface area contributed by atoms with E-state index >= 15 is 0 Å². The fourth-order valence-corrected chi connectivity index (χ4v) is 5.80. The molecule has 0 saturated heterocycles.